The molecule has 1 amide bonds. The average Bonchev–Trinajstić information content (AvgIpc) is 2.94. The summed E-state index contributed by atoms with van der Waals surface area (Å²) in [6, 6.07) is 22.1. The van der Waals surface area contributed by atoms with Gasteiger partial charge < -0.3 is 5.11 Å². The highest BCUT2D eigenvalue weighted by atomic mass is 79.9. The van der Waals surface area contributed by atoms with E-state index in [0.717, 1.165) is 15.6 Å². The molecule has 0 aliphatic carbocycles. The number of nitrogens with zero attached hydrogens (tertiary/aromatic N) is 1. The summed E-state index contributed by atoms with van der Waals surface area (Å²) in [6.45, 7) is 0. The molecular weight excluding hydrogens is 409 g/mol. The molecule has 3 aromatic rings. The Morgan fingerprint density at radius 1 is 0.926 bits per heavy atom. The molecule has 5 heteroatoms. The minimum absolute atomic E-state index is 0.296. The van der Waals surface area contributed by atoms with Gasteiger partial charge in [-0.05, 0) is 47.5 Å². The van der Waals surface area contributed by atoms with Crippen LogP contribution in [-0.4, -0.2) is 11.0 Å². The molecule has 0 radical (unpaired) electrons. The summed E-state index contributed by atoms with van der Waals surface area (Å²) >= 11 is 3.47. The first-order chi connectivity index (χ1) is 13.1. The molecule has 3 nitrogen and oxygen atoms in total. The first-order valence-electron chi connectivity index (χ1n) is 8.39. The van der Waals surface area contributed by atoms with Crippen LogP contribution in [0, 0.1) is 5.82 Å². The summed E-state index contributed by atoms with van der Waals surface area (Å²) in [4.78, 5) is 14.5. The molecule has 1 aliphatic rings. The highest BCUT2D eigenvalue weighted by Gasteiger charge is 2.41. The van der Waals surface area contributed by atoms with Gasteiger partial charge in [0.15, 0.2) is 5.76 Å². The summed E-state index contributed by atoms with van der Waals surface area (Å²) in [5.41, 5.74) is 2.65. The lowest BCUT2D eigenvalue weighted by Crippen LogP contribution is -2.30. The fraction of sp³-hybridized carbons (Fsp3) is 0.0455. The molecule has 0 fully saturated rings. The number of benzene rings is 3. The second-order valence-corrected chi connectivity index (χ2v) is 7.15. The molecule has 1 atom stereocenters. The number of carbonyl (C=O) groups is 1. The predicted octanol–water partition coefficient (Wildman–Crippen LogP) is 5.65. The van der Waals surface area contributed by atoms with E-state index in [0.29, 0.717) is 11.3 Å². The van der Waals surface area contributed by atoms with Crippen LogP contribution in [0.2, 0.25) is 0 Å². The van der Waals surface area contributed by atoms with Crippen molar-refractivity contribution in [2.75, 3.05) is 4.90 Å². The van der Waals surface area contributed by atoms with Crippen molar-refractivity contribution in [1.82, 2.24) is 0 Å². The Hall–Kier alpha value is -2.92. The Morgan fingerprint density at radius 2 is 1.63 bits per heavy atom. The Balaban J connectivity index is 1.92. The molecule has 0 spiro atoms. The summed E-state index contributed by atoms with van der Waals surface area (Å²) in [5, 5.41) is 10.7. The van der Waals surface area contributed by atoms with Gasteiger partial charge in [-0.15, -0.1) is 0 Å². The molecular formula is C22H15BrFNO2. The van der Waals surface area contributed by atoms with E-state index in [1.165, 1.54) is 17.0 Å². The van der Waals surface area contributed by atoms with Gasteiger partial charge in [0.25, 0.3) is 5.91 Å². The maximum atomic E-state index is 13.4. The summed E-state index contributed by atoms with van der Waals surface area (Å²) < 4.78 is 14.3. The van der Waals surface area contributed by atoms with Gasteiger partial charge in [-0.25, -0.2) is 4.39 Å². The number of anilines is 1. The minimum atomic E-state index is -0.525. The average molecular weight is 424 g/mol. The zero-order chi connectivity index (χ0) is 19.0. The van der Waals surface area contributed by atoms with Gasteiger partial charge in [-0.2, -0.15) is 0 Å². The van der Waals surface area contributed by atoms with Crippen molar-refractivity contribution in [1.29, 1.82) is 0 Å². The van der Waals surface area contributed by atoms with Crippen molar-refractivity contribution in [3.63, 3.8) is 0 Å². The normalized spacial score (nSPS) is 16.9. The van der Waals surface area contributed by atoms with Crippen LogP contribution in [0.5, 0.6) is 0 Å². The van der Waals surface area contributed by atoms with Gasteiger partial charge in [0, 0.05) is 15.7 Å². The molecule has 4 rings (SSSR count). The number of halogens is 2. The number of amides is 1. The largest absolute Gasteiger partial charge is 0.503 e. The fourth-order valence-corrected chi connectivity index (χ4v) is 3.79. The van der Waals surface area contributed by atoms with Gasteiger partial charge >= 0.3 is 0 Å². The Kier molecular flexibility index (Phi) is 4.54. The van der Waals surface area contributed by atoms with E-state index >= 15 is 0 Å². The van der Waals surface area contributed by atoms with Crippen LogP contribution >= 0.6 is 15.9 Å². The van der Waals surface area contributed by atoms with Gasteiger partial charge in [0.05, 0.1) is 6.04 Å². The fourth-order valence-electron chi connectivity index (χ4n) is 3.38. The highest BCUT2D eigenvalue weighted by Crippen LogP contribution is 2.45. The predicted molar refractivity (Wildman–Crippen MR) is 107 cm³/mol. The van der Waals surface area contributed by atoms with Crippen LogP contribution in [0.15, 0.2) is 89.1 Å². The van der Waals surface area contributed by atoms with E-state index in [1.54, 1.807) is 12.1 Å². The van der Waals surface area contributed by atoms with Crippen LogP contribution in [0.1, 0.15) is 17.2 Å². The maximum absolute atomic E-state index is 13.4. The lowest BCUT2D eigenvalue weighted by atomic mass is 9.93. The van der Waals surface area contributed by atoms with Gasteiger partial charge in [0.2, 0.25) is 0 Å². The van der Waals surface area contributed by atoms with Crippen molar-refractivity contribution in [2.45, 2.75) is 6.04 Å². The summed E-state index contributed by atoms with van der Waals surface area (Å²) in [6.07, 6.45) is 0. The Morgan fingerprint density at radius 3 is 2.30 bits per heavy atom. The summed E-state index contributed by atoms with van der Waals surface area (Å²) in [7, 11) is 0. The second-order valence-electron chi connectivity index (χ2n) is 6.24. The molecule has 0 aromatic heterocycles. The molecule has 0 bridgehead atoms. The molecule has 0 unspecified atom stereocenters. The lowest BCUT2D eigenvalue weighted by Gasteiger charge is -2.27. The topological polar surface area (TPSA) is 40.5 Å². The number of carbonyl (C=O) groups excluding carboxylic acids is 1. The van der Waals surface area contributed by atoms with Crippen molar-refractivity contribution in [3.05, 3.63) is 106 Å². The van der Waals surface area contributed by atoms with Gasteiger partial charge in [-0.3, -0.25) is 9.69 Å². The first kappa shape index (κ1) is 17.5. The smallest absolute Gasteiger partial charge is 0.294 e. The van der Waals surface area contributed by atoms with E-state index < -0.39 is 11.9 Å². The van der Waals surface area contributed by atoms with E-state index in [2.05, 4.69) is 15.9 Å². The van der Waals surface area contributed by atoms with Gasteiger partial charge in [0.1, 0.15) is 5.82 Å². The number of hydrogen-bond donors (Lipinski definition) is 1. The summed E-state index contributed by atoms with van der Waals surface area (Å²) in [5.74, 6) is -1.19. The third kappa shape index (κ3) is 3.15. The Bertz CT molecular complexity index is 1030. The van der Waals surface area contributed by atoms with E-state index in [4.69, 9.17) is 0 Å². The molecule has 1 N–H and O–H groups in total. The first-order valence-corrected chi connectivity index (χ1v) is 9.18. The van der Waals surface area contributed by atoms with Crippen molar-refractivity contribution < 1.29 is 14.3 Å². The van der Waals surface area contributed by atoms with Crippen LogP contribution < -0.4 is 4.90 Å². The van der Waals surface area contributed by atoms with Crippen molar-refractivity contribution in [3.8, 4) is 0 Å². The molecule has 27 heavy (non-hydrogen) atoms. The standard InChI is InChI=1S/C22H15BrFNO2/c23-16-8-4-7-15(13-16)20-19(14-5-2-1-3-6-14)21(26)22(27)25(20)18-11-9-17(24)10-12-18/h1-13,20,26H/t20-/m1/s1. The van der Waals surface area contributed by atoms with Crippen LogP contribution in [0.3, 0.4) is 0 Å². The lowest BCUT2D eigenvalue weighted by molar-refractivity contribution is -0.117. The van der Waals surface area contributed by atoms with E-state index in [9.17, 15) is 14.3 Å². The zero-order valence-corrected chi connectivity index (χ0v) is 15.7. The third-order valence-electron chi connectivity index (χ3n) is 4.56. The van der Waals surface area contributed by atoms with E-state index in [1.807, 2.05) is 54.6 Å². The van der Waals surface area contributed by atoms with Crippen molar-refractivity contribution in [2.24, 2.45) is 0 Å². The van der Waals surface area contributed by atoms with Crippen LogP contribution in [0.4, 0.5) is 10.1 Å². The third-order valence-corrected chi connectivity index (χ3v) is 5.06. The Labute approximate surface area is 164 Å². The quantitative estimate of drug-likeness (QED) is 0.591. The maximum Gasteiger partial charge on any atom is 0.294 e. The van der Waals surface area contributed by atoms with Gasteiger partial charge in [-0.1, -0.05) is 58.4 Å². The molecule has 1 aliphatic heterocycles. The van der Waals surface area contributed by atoms with Crippen LogP contribution in [-0.2, 0) is 4.79 Å². The molecule has 0 saturated heterocycles. The van der Waals surface area contributed by atoms with E-state index in [-0.39, 0.29) is 11.6 Å². The number of hydrogen-bond acceptors (Lipinski definition) is 2. The van der Waals surface area contributed by atoms with Crippen molar-refractivity contribution >= 4 is 33.1 Å². The number of rotatable bonds is 3. The monoisotopic (exact) mass is 423 g/mol. The SMILES string of the molecule is O=C1C(O)=C(c2ccccc2)[C@@H](c2cccc(Br)c2)N1c1ccc(F)cc1. The molecule has 134 valence electrons. The molecule has 0 saturated carbocycles. The number of aliphatic hydroxyl groups is 1. The molecule has 1 heterocycles. The second kappa shape index (κ2) is 7.00. The molecule has 3 aromatic carbocycles. The number of aliphatic hydroxyl groups excluding tert-OH is 1. The van der Waals surface area contributed by atoms with Crippen LogP contribution in [0.25, 0.3) is 5.57 Å². The zero-order valence-electron chi connectivity index (χ0n) is 14.1. The highest BCUT2D eigenvalue weighted by molar-refractivity contribution is 9.10. The minimum Gasteiger partial charge on any atom is -0.503 e.